The Morgan fingerprint density at radius 1 is 1.08 bits per heavy atom. The zero-order chi connectivity index (χ0) is 17.7. The van der Waals surface area contributed by atoms with Crippen molar-refractivity contribution in [3.63, 3.8) is 0 Å². The SMILES string of the molecule is COc1cc2c(cc1OC)C1(CCN(C(=O)C3(C)CC3)CC1)OCC2. The first kappa shape index (κ1) is 16.7. The van der Waals surface area contributed by atoms with Crippen molar-refractivity contribution in [2.24, 2.45) is 5.41 Å². The fraction of sp³-hybridized carbons (Fsp3) is 0.650. The third kappa shape index (κ3) is 2.69. The molecule has 3 aliphatic rings. The third-order valence-corrected chi connectivity index (χ3v) is 6.22. The minimum atomic E-state index is -0.297. The van der Waals surface area contributed by atoms with E-state index in [2.05, 4.69) is 19.1 Å². The Balaban J connectivity index is 1.59. The number of piperidine rings is 1. The Labute approximate surface area is 149 Å². The second kappa shape index (κ2) is 5.90. The highest BCUT2D eigenvalue weighted by Crippen LogP contribution is 2.49. The van der Waals surface area contributed by atoms with Gasteiger partial charge in [-0.1, -0.05) is 6.92 Å². The van der Waals surface area contributed by atoms with Gasteiger partial charge in [0.15, 0.2) is 11.5 Å². The number of fused-ring (bicyclic) bond motifs is 2. The van der Waals surface area contributed by atoms with E-state index in [0.717, 1.165) is 56.7 Å². The van der Waals surface area contributed by atoms with E-state index in [-0.39, 0.29) is 11.0 Å². The van der Waals surface area contributed by atoms with Gasteiger partial charge in [-0.15, -0.1) is 0 Å². The third-order valence-electron chi connectivity index (χ3n) is 6.22. The van der Waals surface area contributed by atoms with E-state index in [1.165, 1.54) is 11.1 Å². The molecule has 2 fully saturated rings. The van der Waals surface area contributed by atoms with Crippen LogP contribution in [0.25, 0.3) is 0 Å². The molecule has 5 heteroatoms. The number of nitrogens with zero attached hydrogens (tertiary/aromatic N) is 1. The number of methoxy groups -OCH3 is 2. The summed E-state index contributed by atoms with van der Waals surface area (Å²) < 4.78 is 17.3. The van der Waals surface area contributed by atoms with Crippen molar-refractivity contribution in [2.45, 2.75) is 44.6 Å². The van der Waals surface area contributed by atoms with E-state index in [4.69, 9.17) is 14.2 Å². The van der Waals surface area contributed by atoms with Crippen LogP contribution in [0.5, 0.6) is 11.5 Å². The summed E-state index contributed by atoms with van der Waals surface area (Å²) in [6.07, 6.45) is 4.64. The second-order valence-electron chi connectivity index (χ2n) is 7.81. The highest BCUT2D eigenvalue weighted by Gasteiger charge is 2.49. The molecule has 5 nitrogen and oxygen atoms in total. The predicted molar refractivity (Wildman–Crippen MR) is 94.0 cm³/mol. The molecule has 0 unspecified atom stereocenters. The number of ether oxygens (including phenoxy) is 3. The van der Waals surface area contributed by atoms with Crippen LogP contribution in [0, 0.1) is 5.41 Å². The van der Waals surface area contributed by atoms with Gasteiger partial charge in [-0.2, -0.15) is 0 Å². The standard InChI is InChI=1S/C20H27NO4/c1-19(5-6-19)18(22)21-9-7-20(8-10-21)15-13-17(24-3)16(23-2)12-14(15)4-11-25-20/h12-13H,4-11H2,1-3H3. The average molecular weight is 345 g/mol. The van der Waals surface area contributed by atoms with Gasteiger partial charge in [0, 0.05) is 18.5 Å². The molecule has 25 heavy (non-hydrogen) atoms. The molecule has 4 rings (SSSR count). The molecule has 1 spiro atoms. The van der Waals surface area contributed by atoms with Gasteiger partial charge in [-0.3, -0.25) is 4.79 Å². The van der Waals surface area contributed by atoms with Gasteiger partial charge in [0.2, 0.25) is 5.91 Å². The van der Waals surface area contributed by atoms with Gasteiger partial charge in [-0.05, 0) is 55.4 Å². The van der Waals surface area contributed by atoms with Gasteiger partial charge in [0.1, 0.15) is 0 Å². The minimum Gasteiger partial charge on any atom is -0.493 e. The first-order valence-electron chi connectivity index (χ1n) is 9.20. The molecule has 1 aliphatic carbocycles. The Bertz CT molecular complexity index is 687. The van der Waals surface area contributed by atoms with Crippen LogP contribution >= 0.6 is 0 Å². The lowest BCUT2D eigenvalue weighted by Crippen LogP contribution is -2.49. The number of carbonyl (C=O) groups is 1. The Hall–Kier alpha value is -1.75. The van der Waals surface area contributed by atoms with E-state index in [9.17, 15) is 4.79 Å². The average Bonchev–Trinajstić information content (AvgIpc) is 3.40. The predicted octanol–water partition coefficient (Wildman–Crippen LogP) is 2.89. The summed E-state index contributed by atoms with van der Waals surface area (Å²) in [6, 6.07) is 4.16. The number of carbonyl (C=O) groups excluding carboxylic acids is 1. The number of hydrogen-bond acceptors (Lipinski definition) is 4. The van der Waals surface area contributed by atoms with Crippen molar-refractivity contribution >= 4 is 5.91 Å². The van der Waals surface area contributed by atoms with Crippen molar-refractivity contribution in [1.82, 2.24) is 4.90 Å². The van der Waals surface area contributed by atoms with Crippen molar-refractivity contribution in [3.8, 4) is 11.5 Å². The maximum absolute atomic E-state index is 12.6. The maximum atomic E-state index is 12.6. The number of hydrogen-bond donors (Lipinski definition) is 0. The molecule has 1 saturated heterocycles. The second-order valence-corrected chi connectivity index (χ2v) is 7.81. The zero-order valence-electron chi connectivity index (χ0n) is 15.4. The molecule has 0 bridgehead atoms. The summed E-state index contributed by atoms with van der Waals surface area (Å²) in [5.74, 6) is 1.84. The molecule has 0 aromatic heterocycles. The number of benzene rings is 1. The smallest absolute Gasteiger partial charge is 0.228 e. The Morgan fingerprint density at radius 2 is 1.72 bits per heavy atom. The number of amides is 1. The van der Waals surface area contributed by atoms with Crippen molar-refractivity contribution in [2.75, 3.05) is 33.9 Å². The number of rotatable bonds is 3. The fourth-order valence-electron chi connectivity index (χ4n) is 4.25. The molecule has 1 aromatic carbocycles. The number of likely N-dealkylation sites (tertiary alicyclic amines) is 1. The molecule has 1 aromatic rings. The molecule has 0 N–H and O–H groups in total. The van der Waals surface area contributed by atoms with Gasteiger partial charge in [0.05, 0.1) is 26.4 Å². The van der Waals surface area contributed by atoms with E-state index in [1.54, 1.807) is 14.2 Å². The van der Waals surface area contributed by atoms with Crippen LogP contribution in [0.3, 0.4) is 0 Å². The van der Waals surface area contributed by atoms with Gasteiger partial charge in [0.25, 0.3) is 0 Å². The molecule has 2 aliphatic heterocycles. The van der Waals surface area contributed by atoms with Crippen LogP contribution in [0.15, 0.2) is 12.1 Å². The molecular formula is C20H27NO4. The topological polar surface area (TPSA) is 48.0 Å². The summed E-state index contributed by atoms with van der Waals surface area (Å²) in [4.78, 5) is 14.7. The Morgan fingerprint density at radius 3 is 2.32 bits per heavy atom. The summed E-state index contributed by atoms with van der Waals surface area (Å²) >= 11 is 0. The van der Waals surface area contributed by atoms with E-state index >= 15 is 0 Å². The summed E-state index contributed by atoms with van der Waals surface area (Å²) in [5.41, 5.74) is 2.10. The fourth-order valence-corrected chi connectivity index (χ4v) is 4.25. The van der Waals surface area contributed by atoms with Crippen LogP contribution in [-0.4, -0.2) is 44.7 Å². The van der Waals surface area contributed by atoms with E-state index in [1.807, 2.05) is 4.90 Å². The molecule has 136 valence electrons. The van der Waals surface area contributed by atoms with Crippen LogP contribution in [0.1, 0.15) is 43.7 Å². The molecule has 2 heterocycles. The minimum absolute atomic E-state index is 0.0909. The van der Waals surface area contributed by atoms with Crippen LogP contribution in [0.4, 0.5) is 0 Å². The van der Waals surface area contributed by atoms with Crippen molar-refractivity contribution < 1.29 is 19.0 Å². The summed E-state index contributed by atoms with van der Waals surface area (Å²) in [7, 11) is 3.33. The molecule has 0 radical (unpaired) electrons. The van der Waals surface area contributed by atoms with Gasteiger partial charge < -0.3 is 19.1 Å². The zero-order valence-corrected chi connectivity index (χ0v) is 15.4. The summed E-state index contributed by atoms with van der Waals surface area (Å²) in [6.45, 7) is 4.34. The lowest BCUT2D eigenvalue weighted by Gasteiger charge is -2.45. The first-order valence-corrected chi connectivity index (χ1v) is 9.20. The van der Waals surface area contributed by atoms with Crippen LogP contribution in [-0.2, 0) is 21.6 Å². The van der Waals surface area contributed by atoms with Gasteiger partial charge in [-0.25, -0.2) is 0 Å². The maximum Gasteiger partial charge on any atom is 0.228 e. The normalized spacial score (nSPS) is 23.1. The molecule has 0 atom stereocenters. The highest BCUT2D eigenvalue weighted by molar-refractivity contribution is 5.85. The molecular weight excluding hydrogens is 318 g/mol. The van der Waals surface area contributed by atoms with Crippen LogP contribution in [0.2, 0.25) is 0 Å². The van der Waals surface area contributed by atoms with Crippen LogP contribution < -0.4 is 9.47 Å². The highest BCUT2D eigenvalue weighted by atomic mass is 16.5. The largest absolute Gasteiger partial charge is 0.493 e. The Kier molecular flexibility index (Phi) is 3.95. The van der Waals surface area contributed by atoms with Gasteiger partial charge >= 0.3 is 0 Å². The molecule has 1 amide bonds. The lowest BCUT2D eigenvalue weighted by atomic mass is 9.79. The molecule has 1 saturated carbocycles. The monoisotopic (exact) mass is 345 g/mol. The summed E-state index contributed by atoms with van der Waals surface area (Å²) in [5, 5.41) is 0. The lowest BCUT2D eigenvalue weighted by molar-refractivity contribution is -0.145. The quantitative estimate of drug-likeness (QED) is 0.845. The first-order chi connectivity index (χ1) is 12.0. The van der Waals surface area contributed by atoms with E-state index in [0.29, 0.717) is 12.5 Å². The van der Waals surface area contributed by atoms with Crippen molar-refractivity contribution in [1.29, 1.82) is 0 Å². The van der Waals surface area contributed by atoms with Crippen molar-refractivity contribution in [3.05, 3.63) is 23.3 Å². The van der Waals surface area contributed by atoms with E-state index < -0.39 is 0 Å².